The number of likely N-dealkylation sites (tertiary alicyclic amines) is 1. The van der Waals surface area contributed by atoms with E-state index in [1.54, 1.807) is 13.8 Å². The molecule has 1 aliphatic heterocycles. The largest absolute Gasteiger partial charge is 0.373 e. The van der Waals surface area contributed by atoms with E-state index in [9.17, 15) is 14.0 Å². The summed E-state index contributed by atoms with van der Waals surface area (Å²) in [4.78, 5) is 25.1. The van der Waals surface area contributed by atoms with Gasteiger partial charge in [0.25, 0.3) is 5.91 Å². The molecule has 20 heavy (non-hydrogen) atoms. The van der Waals surface area contributed by atoms with Gasteiger partial charge in [0.1, 0.15) is 6.04 Å². The number of carbonyl (C=O) groups is 2. The highest BCUT2D eigenvalue weighted by atomic mass is 35.5. The van der Waals surface area contributed by atoms with Gasteiger partial charge in [0.15, 0.2) is 5.82 Å². The molecule has 0 bridgehead atoms. The number of carbonyl (C=O) groups excluding carboxylic acids is 2. The normalized spacial score (nSPS) is 19.1. The fourth-order valence-electron chi connectivity index (χ4n) is 2.15. The average molecular weight is 319 g/mol. The van der Waals surface area contributed by atoms with Gasteiger partial charge in [-0.15, -0.1) is 0 Å². The molecule has 1 aromatic rings. The summed E-state index contributed by atoms with van der Waals surface area (Å²) < 4.78 is 13.3. The SMILES string of the molecule is CC(C)N1C(=O)CC(Nc2cc(Cl)c(F)c(Cl)c2)C1=O. The third-order valence-electron chi connectivity index (χ3n) is 3.02. The second kappa shape index (κ2) is 5.58. The van der Waals surface area contributed by atoms with Crippen LogP contribution in [0.3, 0.4) is 0 Å². The Labute approximate surface area is 125 Å². The second-order valence-electron chi connectivity index (χ2n) is 4.85. The molecule has 1 aliphatic rings. The topological polar surface area (TPSA) is 49.4 Å². The van der Waals surface area contributed by atoms with Crippen molar-refractivity contribution in [1.29, 1.82) is 0 Å². The molecule has 0 radical (unpaired) electrons. The van der Waals surface area contributed by atoms with Crippen LogP contribution in [0.1, 0.15) is 20.3 Å². The van der Waals surface area contributed by atoms with Crippen molar-refractivity contribution in [3.63, 3.8) is 0 Å². The highest BCUT2D eigenvalue weighted by molar-refractivity contribution is 6.35. The quantitative estimate of drug-likeness (QED) is 0.688. The van der Waals surface area contributed by atoms with E-state index in [-0.39, 0.29) is 34.3 Å². The highest BCUT2D eigenvalue weighted by Crippen LogP contribution is 2.29. The van der Waals surface area contributed by atoms with Crippen LogP contribution in [0.25, 0.3) is 0 Å². The first-order chi connectivity index (χ1) is 9.31. The zero-order valence-corrected chi connectivity index (χ0v) is 12.4. The Bertz CT molecular complexity index is 554. The van der Waals surface area contributed by atoms with E-state index in [0.29, 0.717) is 5.69 Å². The Hall–Kier alpha value is -1.33. The van der Waals surface area contributed by atoms with Crippen molar-refractivity contribution in [2.45, 2.75) is 32.4 Å². The Morgan fingerprint density at radius 1 is 1.30 bits per heavy atom. The van der Waals surface area contributed by atoms with Crippen LogP contribution in [0.15, 0.2) is 12.1 Å². The number of imide groups is 1. The van der Waals surface area contributed by atoms with Crippen LogP contribution < -0.4 is 5.32 Å². The van der Waals surface area contributed by atoms with Crippen molar-refractivity contribution < 1.29 is 14.0 Å². The van der Waals surface area contributed by atoms with Crippen LogP contribution in [-0.4, -0.2) is 28.8 Å². The predicted octanol–water partition coefficient (Wildman–Crippen LogP) is 3.08. The first-order valence-electron chi connectivity index (χ1n) is 6.08. The molecule has 1 saturated heterocycles. The van der Waals surface area contributed by atoms with Gasteiger partial charge < -0.3 is 5.32 Å². The lowest BCUT2D eigenvalue weighted by Gasteiger charge is -2.19. The monoisotopic (exact) mass is 318 g/mol. The zero-order chi connectivity index (χ0) is 15.0. The van der Waals surface area contributed by atoms with Crippen LogP contribution >= 0.6 is 23.2 Å². The molecule has 1 atom stereocenters. The van der Waals surface area contributed by atoms with Crippen molar-refractivity contribution >= 4 is 40.7 Å². The number of hydrogen-bond donors (Lipinski definition) is 1. The number of hydrogen-bond acceptors (Lipinski definition) is 3. The summed E-state index contributed by atoms with van der Waals surface area (Å²) in [6.07, 6.45) is 0.0592. The first-order valence-corrected chi connectivity index (χ1v) is 6.84. The maximum atomic E-state index is 13.3. The van der Waals surface area contributed by atoms with Gasteiger partial charge in [-0.1, -0.05) is 23.2 Å². The summed E-state index contributed by atoms with van der Waals surface area (Å²) in [5.74, 6) is -1.25. The van der Waals surface area contributed by atoms with Crippen molar-refractivity contribution in [2.75, 3.05) is 5.32 Å². The molecule has 0 aromatic heterocycles. The summed E-state index contributed by atoms with van der Waals surface area (Å²) in [6.45, 7) is 3.54. The minimum atomic E-state index is -0.712. The molecule has 1 unspecified atom stereocenters. The number of anilines is 1. The summed E-state index contributed by atoms with van der Waals surface area (Å²) >= 11 is 11.4. The summed E-state index contributed by atoms with van der Waals surface area (Å²) in [7, 11) is 0. The molecular weight excluding hydrogens is 306 g/mol. The molecule has 0 spiro atoms. The molecule has 1 fully saturated rings. The Morgan fingerprint density at radius 3 is 2.30 bits per heavy atom. The Kier molecular flexibility index (Phi) is 4.20. The van der Waals surface area contributed by atoms with Gasteiger partial charge in [0, 0.05) is 11.7 Å². The lowest BCUT2D eigenvalue weighted by molar-refractivity contribution is -0.140. The maximum absolute atomic E-state index is 13.3. The zero-order valence-electron chi connectivity index (χ0n) is 10.9. The summed E-state index contributed by atoms with van der Waals surface area (Å²) in [5, 5.41) is 2.58. The minimum Gasteiger partial charge on any atom is -0.373 e. The van der Waals surface area contributed by atoms with Gasteiger partial charge in [0.05, 0.1) is 16.5 Å². The van der Waals surface area contributed by atoms with E-state index >= 15 is 0 Å². The fraction of sp³-hybridized carbons (Fsp3) is 0.385. The van der Waals surface area contributed by atoms with Gasteiger partial charge >= 0.3 is 0 Å². The summed E-state index contributed by atoms with van der Waals surface area (Å²) in [5.41, 5.74) is 0.401. The third kappa shape index (κ3) is 2.74. The van der Waals surface area contributed by atoms with E-state index in [1.807, 2.05) is 0 Å². The van der Waals surface area contributed by atoms with E-state index in [4.69, 9.17) is 23.2 Å². The van der Waals surface area contributed by atoms with Crippen LogP contribution in [-0.2, 0) is 9.59 Å². The second-order valence-corrected chi connectivity index (χ2v) is 5.67. The van der Waals surface area contributed by atoms with Crippen LogP contribution in [0.2, 0.25) is 10.0 Å². The predicted molar refractivity (Wildman–Crippen MR) is 75.4 cm³/mol. The molecule has 7 heteroatoms. The van der Waals surface area contributed by atoms with Crippen molar-refractivity contribution in [3.8, 4) is 0 Å². The van der Waals surface area contributed by atoms with Crippen molar-refractivity contribution in [1.82, 2.24) is 4.90 Å². The minimum absolute atomic E-state index is 0.0592. The van der Waals surface area contributed by atoms with Gasteiger partial charge in [-0.05, 0) is 26.0 Å². The van der Waals surface area contributed by atoms with Gasteiger partial charge in [-0.2, -0.15) is 0 Å². The van der Waals surface area contributed by atoms with E-state index in [0.717, 1.165) is 0 Å². The number of nitrogens with one attached hydrogen (secondary N) is 1. The van der Waals surface area contributed by atoms with Crippen LogP contribution in [0.4, 0.5) is 10.1 Å². The molecule has 1 aromatic carbocycles. The van der Waals surface area contributed by atoms with Crippen molar-refractivity contribution in [3.05, 3.63) is 28.0 Å². The molecule has 1 heterocycles. The average Bonchev–Trinajstić information content (AvgIpc) is 2.61. The van der Waals surface area contributed by atoms with Crippen LogP contribution in [0.5, 0.6) is 0 Å². The van der Waals surface area contributed by atoms with Crippen LogP contribution in [0, 0.1) is 5.82 Å². The smallest absolute Gasteiger partial charge is 0.252 e. The lowest BCUT2D eigenvalue weighted by atomic mass is 10.2. The summed E-state index contributed by atoms with van der Waals surface area (Å²) in [6, 6.07) is 1.79. The molecule has 0 aliphatic carbocycles. The molecule has 1 N–H and O–H groups in total. The molecule has 108 valence electrons. The molecule has 0 saturated carbocycles. The highest BCUT2D eigenvalue weighted by Gasteiger charge is 2.39. The number of halogens is 3. The van der Waals surface area contributed by atoms with Gasteiger partial charge in [0.2, 0.25) is 5.91 Å². The van der Waals surface area contributed by atoms with Gasteiger partial charge in [-0.25, -0.2) is 4.39 Å². The molecule has 2 rings (SSSR count). The Balaban J connectivity index is 2.20. The number of amides is 2. The molecular formula is C13H13Cl2FN2O2. The lowest BCUT2D eigenvalue weighted by Crippen LogP contribution is -2.39. The maximum Gasteiger partial charge on any atom is 0.252 e. The third-order valence-corrected chi connectivity index (χ3v) is 3.57. The first kappa shape index (κ1) is 15.1. The fourth-order valence-corrected chi connectivity index (χ4v) is 2.63. The Morgan fingerprint density at radius 2 is 1.85 bits per heavy atom. The number of nitrogens with zero attached hydrogens (tertiary/aromatic N) is 1. The van der Waals surface area contributed by atoms with Gasteiger partial charge in [-0.3, -0.25) is 14.5 Å². The van der Waals surface area contributed by atoms with E-state index in [1.165, 1.54) is 17.0 Å². The van der Waals surface area contributed by atoms with Crippen molar-refractivity contribution in [2.24, 2.45) is 0 Å². The van der Waals surface area contributed by atoms with E-state index < -0.39 is 11.9 Å². The number of rotatable bonds is 3. The standard InChI is InChI=1S/C13H13Cl2FN2O2/c1-6(2)18-11(19)5-10(13(18)20)17-7-3-8(14)12(16)9(15)4-7/h3-4,6,10,17H,5H2,1-2H3. The van der Waals surface area contributed by atoms with E-state index in [2.05, 4.69) is 5.32 Å². The molecule has 4 nitrogen and oxygen atoms in total. The number of benzene rings is 1. The molecule has 2 amide bonds.